The molecule has 4 rings (SSSR count). The quantitative estimate of drug-likeness (QED) is 0.771. The summed E-state index contributed by atoms with van der Waals surface area (Å²) in [5, 5.41) is 9.77. The van der Waals surface area contributed by atoms with E-state index < -0.39 is 0 Å². The zero-order valence-electron chi connectivity index (χ0n) is 17.9. The van der Waals surface area contributed by atoms with Crippen molar-refractivity contribution < 1.29 is 0 Å². The largest absolute Gasteiger partial charge is 0.355 e. The molecule has 0 aliphatic carbocycles. The molecule has 29 heavy (non-hydrogen) atoms. The van der Waals surface area contributed by atoms with Crippen molar-refractivity contribution in [3.8, 4) is 6.07 Å². The van der Waals surface area contributed by atoms with Crippen molar-refractivity contribution in [2.24, 2.45) is 0 Å². The number of nitrogens with zero attached hydrogens (tertiary/aromatic N) is 6. The molecule has 0 saturated carbocycles. The molecule has 0 spiro atoms. The number of rotatable bonds is 4. The number of hydrogen-bond acceptors (Lipinski definition) is 6. The van der Waals surface area contributed by atoms with Gasteiger partial charge in [-0.3, -0.25) is 9.80 Å². The van der Waals surface area contributed by atoms with E-state index in [1.807, 2.05) is 0 Å². The second-order valence-corrected chi connectivity index (χ2v) is 8.79. The Balaban J connectivity index is 1.63. The summed E-state index contributed by atoms with van der Waals surface area (Å²) in [6.45, 7) is 9.64. The SMILES string of the molecule is CN1CCN([C@@H]2[C@@H](N3CCN(C)CC3)CC(C#N)=CN2Cc2ccccc2)CC1. The van der Waals surface area contributed by atoms with Crippen LogP contribution in [-0.2, 0) is 6.54 Å². The predicted molar refractivity (Wildman–Crippen MR) is 116 cm³/mol. The number of benzene rings is 1. The second kappa shape index (κ2) is 9.27. The highest BCUT2D eigenvalue weighted by atomic mass is 15.4. The van der Waals surface area contributed by atoms with Gasteiger partial charge in [-0.15, -0.1) is 0 Å². The second-order valence-electron chi connectivity index (χ2n) is 8.79. The van der Waals surface area contributed by atoms with Gasteiger partial charge in [-0.05, 0) is 19.7 Å². The molecule has 0 radical (unpaired) electrons. The van der Waals surface area contributed by atoms with Gasteiger partial charge in [0, 0.05) is 83.1 Å². The van der Waals surface area contributed by atoms with Crippen molar-refractivity contribution in [2.75, 3.05) is 66.5 Å². The standard InChI is InChI=1S/C23H34N6/c1-25-8-12-27(13-9-25)22-16-21(17-24)19-29(18-20-6-4-3-5-7-20)23(22)28-14-10-26(2)11-15-28/h3-7,19,22-23H,8-16,18H2,1-2H3/t22-,23-/m0/s1. The zero-order valence-corrected chi connectivity index (χ0v) is 17.9. The van der Waals surface area contributed by atoms with Crippen LogP contribution in [0.5, 0.6) is 0 Å². The van der Waals surface area contributed by atoms with E-state index in [1.54, 1.807) is 0 Å². The van der Waals surface area contributed by atoms with Crippen LogP contribution in [0.15, 0.2) is 42.1 Å². The van der Waals surface area contributed by atoms with Crippen molar-refractivity contribution in [2.45, 2.75) is 25.2 Å². The minimum atomic E-state index is 0.324. The number of nitriles is 1. The van der Waals surface area contributed by atoms with Gasteiger partial charge in [0.1, 0.15) is 0 Å². The van der Waals surface area contributed by atoms with Crippen molar-refractivity contribution in [1.82, 2.24) is 24.5 Å². The minimum absolute atomic E-state index is 0.324. The molecule has 156 valence electrons. The highest BCUT2D eigenvalue weighted by molar-refractivity contribution is 5.26. The van der Waals surface area contributed by atoms with Gasteiger partial charge in [0.2, 0.25) is 0 Å². The van der Waals surface area contributed by atoms with Gasteiger partial charge >= 0.3 is 0 Å². The molecule has 1 aromatic rings. The smallest absolute Gasteiger partial charge is 0.0982 e. The summed E-state index contributed by atoms with van der Waals surface area (Å²) >= 11 is 0. The van der Waals surface area contributed by atoms with E-state index >= 15 is 0 Å². The summed E-state index contributed by atoms with van der Waals surface area (Å²) in [6.07, 6.45) is 3.33. The first kappa shape index (κ1) is 20.4. The predicted octanol–water partition coefficient (Wildman–Crippen LogP) is 1.49. The molecule has 6 nitrogen and oxygen atoms in total. The molecule has 1 aromatic carbocycles. The summed E-state index contributed by atoms with van der Waals surface area (Å²) in [4.78, 5) is 12.6. The maximum atomic E-state index is 9.77. The van der Waals surface area contributed by atoms with Crippen molar-refractivity contribution in [3.05, 3.63) is 47.7 Å². The third-order valence-electron chi connectivity index (χ3n) is 6.71. The fourth-order valence-corrected chi connectivity index (χ4v) is 4.90. The van der Waals surface area contributed by atoms with Gasteiger partial charge in [-0.25, -0.2) is 0 Å². The topological polar surface area (TPSA) is 40.0 Å². The molecule has 2 atom stereocenters. The summed E-state index contributed by atoms with van der Waals surface area (Å²) < 4.78 is 0. The average molecular weight is 395 g/mol. The van der Waals surface area contributed by atoms with E-state index in [2.05, 4.69) is 81.2 Å². The van der Waals surface area contributed by atoms with Crippen LogP contribution < -0.4 is 0 Å². The lowest BCUT2D eigenvalue weighted by Gasteiger charge is -2.52. The van der Waals surface area contributed by atoms with Crippen LogP contribution in [-0.4, -0.2) is 103 Å². The van der Waals surface area contributed by atoms with Crippen molar-refractivity contribution in [3.63, 3.8) is 0 Å². The first-order valence-corrected chi connectivity index (χ1v) is 10.9. The Hall–Kier alpha value is -1.91. The molecule has 6 heteroatoms. The molecular formula is C23H34N6. The Labute approximate surface area is 175 Å². The highest BCUT2D eigenvalue weighted by Crippen LogP contribution is 2.30. The molecule has 3 heterocycles. The van der Waals surface area contributed by atoms with Gasteiger partial charge in [0.25, 0.3) is 0 Å². The van der Waals surface area contributed by atoms with Crippen LogP contribution in [0.3, 0.4) is 0 Å². The molecular weight excluding hydrogens is 360 g/mol. The summed E-state index contributed by atoms with van der Waals surface area (Å²) in [5.41, 5.74) is 2.22. The fourth-order valence-electron chi connectivity index (χ4n) is 4.90. The molecule has 0 amide bonds. The average Bonchev–Trinajstić information content (AvgIpc) is 2.75. The van der Waals surface area contributed by atoms with Crippen LogP contribution in [0, 0.1) is 11.3 Å². The maximum Gasteiger partial charge on any atom is 0.0982 e. The molecule has 3 aliphatic heterocycles. The monoisotopic (exact) mass is 394 g/mol. The third-order valence-corrected chi connectivity index (χ3v) is 6.71. The molecule has 0 N–H and O–H groups in total. The molecule has 2 fully saturated rings. The van der Waals surface area contributed by atoms with Gasteiger partial charge in [0.15, 0.2) is 0 Å². The molecule has 0 aromatic heterocycles. The molecule has 3 aliphatic rings. The molecule has 2 saturated heterocycles. The highest BCUT2D eigenvalue weighted by Gasteiger charge is 2.40. The first-order chi connectivity index (χ1) is 14.1. The third kappa shape index (κ3) is 4.81. The van der Waals surface area contributed by atoms with Crippen LogP contribution in [0.25, 0.3) is 0 Å². The van der Waals surface area contributed by atoms with Crippen molar-refractivity contribution >= 4 is 0 Å². The lowest BCUT2D eigenvalue weighted by Crippen LogP contribution is -2.65. The molecule has 0 bridgehead atoms. The molecule has 0 unspecified atom stereocenters. The Morgan fingerprint density at radius 1 is 0.862 bits per heavy atom. The van der Waals surface area contributed by atoms with E-state index in [0.29, 0.717) is 12.2 Å². The zero-order chi connectivity index (χ0) is 20.2. The maximum absolute atomic E-state index is 9.77. The van der Waals surface area contributed by atoms with E-state index in [0.717, 1.165) is 70.9 Å². The lowest BCUT2D eigenvalue weighted by molar-refractivity contribution is -0.0425. The summed E-state index contributed by atoms with van der Waals surface area (Å²) in [5.74, 6) is 0. The first-order valence-electron chi connectivity index (χ1n) is 10.9. The lowest BCUT2D eigenvalue weighted by atomic mass is 9.95. The fraction of sp³-hybridized carbons (Fsp3) is 0.609. The van der Waals surface area contributed by atoms with Gasteiger partial charge in [-0.1, -0.05) is 30.3 Å². The van der Waals surface area contributed by atoms with Gasteiger partial charge < -0.3 is 14.7 Å². The van der Waals surface area contributed by atoms with E-state index in [9.17, 15) is 5.26 Å². The van der Waals surface area contributed by atoms with Gasteiger partial charge in [-0.2, -0.15) is 5.26 Å². The van der Waals surface area contributed by atoms with Crippen LogP contribution >= 0.6 is 0 Å². The van der Waals surface area contributed by atoms with Crippen LogP contribution in [0.1, 0.15) is 12.0 Å². The summed E-state index contributed by atoms with van der Waals surface area (Å²) in [7, 11) is 4.42. The van der Waals surface area contributed by atoms with Crippen LogP contribution in [0.4, 0.5) is 0 Å². The number of piperazine rings is 2. The Bertz CT molecular complexity index is 725. The Kier molecular flexibility index (Phi) is 6.51. The summed E-state index contributed by atoms with van der Waals surface area (Å²) in [6, 6.07) is 13.5. The Morgan fingerprint density at radius 2 is 1.45 bits per heavy atom. The van der Waals surface area contributed by atoms with Crippen molar-refractivity contribution in [1.29, 1.82) is 5.26 Å². The normalized spacial score (nSPS) is 28.2. The van der Waals surface area contributed by atoms with E-state index in [-0.39, 0.29) is 0 Å². The van der Waals surface area contributed by atoms with Gasteiger partial charge in [0.05, 0.1) is 12.2 Å². The van der Waals surface area contributed by atoms with E-state index in [4.69, 9.17) is 0 Å². The van der Waals surface area contributed by atoms with Crippen LogP contribution in [0.2, 0.25) is 0 Å². The minimum Gasteiger partial charge on any atom is -0.355 e. The number of likely N-dealkylation sites (N-methyl/N-ethyl adjacent to an activating group) is 2. The van der Waals surface area contributed by atoms with E-state index in [1.165, 1.54) is 5.56 Å². The Morgan fingerprint density at radius 3 is 2.03 bits per heavy atom. The number of hydrogen-bond donors (Lipinski definition) is 0.